The van der Waals surface area contributed by atoms with Crippen molar-refractivity contribution in [1.82, 2.24) is 15.1 Å². The van der Waals surface area contributed by atoms with Crippen molar-refractivity contribution < 1.29 is 14.7 Å². The lowest BCUT2D eigenvalue weighted by Gasteiger charge is -2.42. The van der Waals surface area contributed by atoms with Crippen LogP contribution in [0.5, 0.6) is 0 Å². The molecule has 0 saturated carbocycles. The summed E-state index contributed by atoms with van der Waals surface area (Å²) in [6.07, 6.45) is 0.715. The third kappa shape index (κ3) is 3.85. The van der Waals surface area contributed by atoms with Gasteiger partial charge in [-0.3, -0.25) is 4.90 Å². The number of piperazine rings is 1. The number of carbonyl (C=O) groups excluding carboxylic acids is 1. The van der Waals surface area contributed by atoms with Gasteiger partial charge in [-0.25, -0.2) is 9.59 Å². The second-order valence-corrected chi connectivity index (χ2v) is 5.92. The summed E-state index contributed by atoms with van der Waals surface area (Å²) in [5.74, 6) is -1.05. The van der Waals surface area contributed by atoms with Crippen LogP contribution in [0.2, 0.25) is 0 Å². The monoisotopic (exact) mass is 285 g/mol. The molecule has 2 N–H and O–H groups in total. The summed E-state index contributed by atoms with van der Waals surface area (Å²) in [4.78, 5) is 27.5. The lowest BCUT2D eigenvalue weighted by molar-refractivity contribution is -0.140. The maximum atomic E-state index is 12.3. The minimum atomic E-state index is -0.970. The number of hydrogen-bond donors (Lipinski definition) is 2. The van der Waals surface area contributed by atoms with E-state index >= 15 is 0 Å². The number of amides is 2. The van der Waals surface area contributed by atoms with Crippen molar-refractivity contribution in [2.75, 3.05) is 20.1 Å². The van der Waals surface area contributed by atoms with Gasteiger partial charge in [0.15, 0.2) is 0 Å². The van der Waals surface area contributed by atoms with Crippen LogP contribution in [-0.4, -0.2) is 65.2 Å². The number of hydrogen-bond acceptors (Lipinski definition) is 3. The Morgan fingerprint density at radius 1 is 1.30 bits per heavy atom. The SMILES string of the molecule is CCC(C)[C@H](NC(=O)N1CC(C)N(C)C(C)C1)C(=O)O. The van der Waals surface area contributed by atoms with Crippen molar-refractivity contribution in [2.45, 2.75) is 52.2 Å². The Hall–Kier alpha value is -1.30. The van der Waals surface area contributed by atoms with Crippen LogP contribution in [0.4, 0.5) is 4.79 Å². The molecule has 1 fully saturated rings. The smallest absolute Gasteiger partial charge is 0.326 e. The standard InChI is InChI=1S/C14H27N3O3/c1-6-9(2)12(13(18)19)15-14(20)17-7-10(3)16(5)11(4)8-17/h9-12H,6-8H2,1-5H3,(H,15,20)(H,18,19)/t9?,10?,11?,12-/m0/s1. The summed E-state index contributed by atoms with van der Waals surface area (Å²) in [5, 5.41) is 11.9. The van der Waals surface area contributed by atoms with E-state index in [1.54, 1.807) is 4.90 Å². The molecule has 1 rings (SSSR count). The molecular formula is C14H27N3O3. The van der Waals surface area contributed by atoms with Gasteiger partial charge in [0.1, 0.15) is 6.04 Å². The van der Waals surface area contributed by atoms with Crippen molar-refractivity contribution in [2.24, 2.45) is 5.92 Å². The first-order valence-corrected chi connectivity index (χ1v) is 7.28. The van der Waals surface area contributed by atoms with E-state index in [2.05, 4.69) is 24.1 Å². The van der Waals surface area contributed by atoms with Crippen molar-refractivity contribution >= 4 is 12.0 Å². The first kappa shape index (κ1) is 16.8. The summed E-state index contributed by atoms with van der Waals surface area (Å²) in [5.41, 5.74) is 0. The van der Waals surface area contributed by atoms with Gasteiger partial charge in [0.25, 0.3) is 0 Å². The van der Waals surface area contributed by atoms with Crippen molar-refractivity contribution in [3.8, 4) is 0 Å². The molecule has 4 atom stereocenters. The summed E-state index contributed by atoms with van der Waals surface area (Å²) < 4.78 is 0. The fourth-order valence-electron chi connectivity index (χ4n) is 2.48. The molecule has 1 aliphatic rings. The fourth-order valence-corrected chi connectivity index (χ4v) is 2.48. The van der Waals surface area contributed by atoms with Crippen LogP contribution >= 0.6 is 0 Å². The second-order valence-electron chi connectivity index (χ2n) is 5.92. The third-order valence-corrected chi connectivity index (χ3v) is 4.40. The molecule has 6 nitrogen and oxygen atoms in total. The molecule has 0 aromatic heterocycles. The minimum absolute atomic E-state index is 0.0845. The van der Waals surface area contributed by atoms with Crippen molar-refractivity contribution in [3.63, 3.8) is 0 Å². The van der Waals surface area contributed by atoms with E-state index in [0.717, 1.165) is 0 Å². The third-order valence-electron chi connectivity index (χ3n) is 4.40. The molecule has 0 bridgehead atoms. The average Bonchev–Trinajstić information content (AvgIpc) is 2.39. The lowest BCUT2D eigenvalue weighted by Crippen LogP contribution is -2.60. The van der Waals surface area contributed by atoms with Crippen molar-refractivity contribution in [1.29, 1.82) is 0 Å². The molecule has 0 aromatic carbocycles. The molecule has 6 heteroatoms. The Kier molecular flexibility index (Phi) is 5.80. The van der Waals surface area contributed by atoms with Crippen LogP contribution in [0, 0.1) is 5.92 Å². The number of aliphatic carboxylic acids is 1. The molecule has 20 heavy (non-hydrogen) atoms. The van der Waals surface area contributed by atoms with Crippen LogP contribution in [0.3, 0.4) is 0 Å². The highest BCUT2D eigenvalue weighted by atomic mass is 16.4. The van der Waals surface area contributed by atoms with Gasteiger partial charge in [0.05, 0.1) is 0 Å². The van der Waals surface area contributed by atoms with Gasteiger partial charge in [0.2, 0.25) is 0 Å². The Bertz CT molecular complexity index is 350. The van der Waals surface area contributed by atoms with Crippen LogP contribution in [0.15, 0.2) is 0 Å². The quantitative estimate of drug-likeness (QED) is 0.814. The Morgan fingerprint density at radius 3 is 2.20 bits per heavy atom. The van der Waals surface area contributed by atoms with Crippen LogP contribution in [-0.2, 0) is 4.79 Å². The first-order chi connectivity index (χ1) is 9.27. The summed E-state index contributed by atoms with van der Waals surface area (Å²) in [6, 6.07) is -0.546. The van der Waals surface area contributed by atoms with Gasteiger partial charge < -0.3 is 15.3 Å². The number of likely N-dealkylation sites (N-methyl/N-ethyl adjacent to an activating group) is 1. The van der Waals surface area contributed by atoms with E-state index in [0.29, 0.717) is 19.5 Å². The largest absolute Gasteiger partial charge is 0.480 e. The number of carboxylic acids is 1. The summed E-state index contributed by atoms with van der Waals surface area (Å²) in [7, 11) is 2.05. The number of carbonyl (C=O) groups is 2. The zero-order valence-corrected chi connectivity index (χ0v) is 13.1. The molecule has 0 aliphatic carbocycles. The van der Waals surface area contributed by atoms with E-state index in [1.807, 2.05) is 20.9 Å². The molecule has 1 heterocycles. The Labute approximate surface area is 121 Å². The summed E-state index contributed by atoms with van der Waals surface area (Å²) >= 11 is 0. The summed E-state index contributed by atoms with van der Waals surface area (Å²) in [6.45, 7) is 9.15. The van der Waals surface area contributed by atoms with E-state index in [-0.39, 0.29) is 24.0 Å². The maximum Gasteiger partial charge on any atom is 0.326 e. The van der Waals surface area contributed by atoms with Crippen LogP contribution in [0.25, 0.3) is 0 Å². The number of carboxylic acid groups (broad SMARTS) is 1. The molecule has 0 spiro atoms. The van der Waals surface area contributed by atoms with Crippen LogP contribution in [0.1, 0.15) is 34.1 Å². The number of urea groups is 1. The Morgan fingerprint density at radius 2 is 1.80 bits per heavy atom. The fraction of sp³-hybridized carbons (Fsp3) is 0.857. The zero-order valence-electron chi connectivity index (χ0n) is 13.1. The molecule has 1 aliphatic heterocycles. The predicted molar refractivity (Wildman–Crippen MR) is 77.7 cm³/mol. The highest BCUT2D eigenvalue weighted by Gasteiger charge is 2.32. The molecule has 0 aromatic rings. The zero-order chi connectivity index (χ0) is 15.4. The second kappa shape index (κ2) is 6.92. The maximum absolute atomic E-state index is 12.3. The topological polar surface area (TPSA) is 72.9 Å². The molecule has 2 amide bonds. The molecule has 116 valence electrons. The minimum Gasteiger partial charge on any atom is -0.480 e. The van der Waals surface area contributed by atoms with Gasteiger partial charge in [-0.1, -0.05) is 20.3 Å². The molecule has 3 unspecified atom stereocenters. The van der Waals surface area contributed by atoms with Gasteiger partial charge in [-0.05, 0) is 26.8 Å². The number of rotatable bonds is 4. The van der Waals surface area contributed by atoms with Gasteiger partial charge >= 0.3 is 12.0 Å². The van der Waals surface area contributed by atoms with E-state index in [4.69, 9.17) is 0 Å². The van der Waals surface area contributed by atoms with Crippen molar-refractivity contribution in [3.05, 3.63) is 0 Å². The number of nitrogens with zero attached hydrogens (tertiary/aromatic N) is 2. The van der Waals surface area contributed by atoms with Gasteiger partial charge in [-0.15, -0.1) is 0 Å². The predicted octanol–water partition coefficient (Wildman–Crippen LogP) is 1.22. The normalized spacial score (nSPS) is 26.9. The van der Waals surface area contributed by atoms with Crippen LogP contribution < -0.4 is 5.32 Å². The molecular weight excluding hydrogens is 258 g/mol. The first-order valence-electron chi connectivity index (χ1n) is 7.28. The molecule has 1 saturated heterocycles. The number of nitrogens with one attached hydrogen (secondary N) is 1. The molecule has 0 radical (unpaired) electrons. The van der Waals surface area contributed by atoms with Gasteiger partial charge in [0, 0.05) is 25.2 Å². The lowest BCUT2D eigenvalue weighted by atomic mass is 9.99. The van der Waals surface area contributed by atoms with E-state index in [1.165, 1.54) is 0 Å². The Balaban J connectivity index is 2.68. The van der Waals surface area contributed by atoms with E-state index in [9.17, 15) is 14.7 Å². The average molecular weight is 285 g/mol. The van der Waals surface area contributed by atoms with Gasteiger partial charge in [-0.2, -0.15) is 0 Å². The highest BCUT2D eigenvalue weighted by Crippen LogP contribution is 2.14. The van der Waals surface area contributed by atoms with E-state index < -0.39 is 12.0 Å². The highest BCUT2D eigenvalue weighted by molar-refractivity contribution is 5.82.